The Morgan fingerprint density at radius 1 is 0.773 bits per heavy atom. The van der Waals surface area contributed by atoms with Gasteiger partial charge in [0.1, 0.15) is 0 Å². The van der Waals surface area contributed by atoms with Gasteiger partial charge in [0.05, 0.1) is 0 Å². The van der Waals surface area contributed by atoms with Crippen molar-refractivity contribution in [2.45, 2.75) is 77.8 Å². The Morgan fingerprint density at radius 3 is 1.86 bits per heavy atom. The first kappa shape index (κ1) is 22.1. The zero-order valence-corrected chi connectivity index (χ0v) is 16.3. The fourth-order valence-corrected chi connectivity index (χ4v) is 5.90. The zero-order valence-electron chi connectivity index (χ0n) is 15.3. The van der Waals surface area contributed by atoms with E-state index in [9.17, 15) is 0 Å². The minimum atomic E-state index is -2.00. The third-order valence-corrected chi connectivity index (χ3v) is 7.66. The summed E-state index contributed by atoms with van der Waals surface area (Å²) >= 11 is 0. The van der Waals surface area contributed by atoms with Crippen LogP contribution in [0, 0.1) is 0 Å². The van der Waals surface area contributed by atoms with Crippen LogP contribution in [0.15, 0.2) is 0 Å². The molecular formula is C17H40N2O2Si. The maximum absolute atomic E-state index is 6.35. The Morgan fingerprint density at radius 2 is 1.36 bits per heavy atom. The Kier molecular flexibility index (Phi) is 16.0. The van der Waals surface area contributed by atoms with Crippen LogP contribution < -0.4 is 11.1 Å². The summed E-state index contributed by atoms with van der Waals surface area (Å²) in [7, 11) is -2.00. The topological polar surface area (TPSA) is 56.5 Å². The highest BCUT2D eigenvalue weighted by Gasteiger charge is 2.35. The lowest BCUT2D eigenvalue weighted by atomic mass is 10.4. The molecule has 5 heteroatoms. The van der Waals surface area contributed by atoms with Gasteiger partial charge in [0, 0.05) is 13.2 Å². The minimum Gasteiger partial charge on any atom is -0.394 e. The third-order valence-electron chi connectivity index (χ3n) is 3.83. The van der Waals surface area contributed by atoms with Gasteiger partial charge >= 0.3 is 8.56 Å². The molecule has 0 heterocycles. The van der Waals surface area contributed by atoms with Crippen molar-refractivity contribution in [1.29, 1.82) is 0 Å². The highest BCUT2D eigenvalue weighted by Crippen LogP contribution is 2.24. The fourth-order valence-electron chi connectivity index (χ4n) is 2.48. The van der Waals surface area contributed by atoms with E-state index in [-0.39, 0.29) is 0 Å². The van der Waals surface area contributed by atoms with Crippen LogP contribution in [0.2, 0.25) is 12.1 Å². The van der Waals surface area contributed by atoms with Crippen molar-refractivity contribution < 1.29 is 8.85 Å². The lowest BCUT2D eigenvalue weighted by molar-refractivity contribution is 0.161. The minimum absolute atomic E-state index is 0.766. The summed E-state index contributed by atoms with van der Waals surface area (Å²) < 4.78 is 12.7. The fraction of sp³-hybridized carbons (Fsp3) is 1.00. The summed E-state index contributed by atoms with van der Waals surface area (Å²) in [5.41, 5.74) is 5.51. The predicted octanol–water partition coefficient (Wildman–Crippen LogP) is 3.80. The summed E-state index contributed by atoms with van der Waals surface area (Å²) in [6.45, 7) is 11.2. The summed E-state index contributed by atoms with van der Waals surface area (Å²) in [6, 6.07) is 2.24. The van der Waals surface area contributed by atoms with Crippen LogP contribution in [0.25, 0.3) is 0 Å². The molecule has 0 aliphatic rings. The highest BCUT2D eigenvalue weighted by molar-refractivity contribution is 6.67. The van der Waals surface area contributed by atoms with E-state index in [4.69, 9.17) is 14.6 Å². The molecule has 0 aliphatic heterocycles. The summed E-state index contributed by atoms with van der Waals surface area (Å²) in [5.74, 6) is 0. The summed E-state index contributed by atoms with van der Waals surface area (Å²) in [5, 5.41) is 3.47. The molecule has 0 spiro atoms. The molecular weight excluding hydrogens is 292 g/mol. The van der Waals surface area contributed by atoms with Gasteiger partial charge in [-0.05, 0) is 57.4 Å². The Labute approximate surface area is 139 Å². The van der Waals surface area contributed by atoms with E-state index in [1.54, 1.807) is 0 Å². The van der Waals surface area contributed by atoms with E-state index >= 15 is 0 Å². The lowest BCUT2D eigenvalue weighted by Crippen LogP contribution is -2.43. The second-order valence-corrected chi connectivity index (χ2v) is 9.46. The van der Waals surface area contributed by atoms with E-state index in [1.165, 1.54) is 12.8 Å². The smallest absolute Gasteiger partial charge is 0.338 e. The molecule has 134 valence electrons. The van der Waals surface area contributed by atoms with Gasteiger partial charge in [-0.2, -0.15) is 0 Å². The largest absolute Gasteiger partial charge is 0.394 e. The van der Waals surface area contributed by atoms with Crippen molar-refractivity contribution in [1.82, 2.24) is 5.32 Å². The Balaban J connectivity index is 4.29. The number of nitrogens with one attached hydrogen (secondary N) is 1. The van der Waals surface area contributed by atoms with Gasteiger partial charge in [-0.25, -0.2) is 0 Å². The van der Waals surface area contributed by atoms with Crippen LogP contribution in [-0.2, 0) is 8.85 Å². The van der Waals surface area contributed by atoms with Gasteiger partial charge in [0.25, 0.3) is 0 Å². The monoisotopic (exact) mass is 332 g/mol. The van der Waals surface area contributed by atoms with Crippen LogP contribution in [0.1, 0.15) is 65.7 Å². The van der Waals surface area contributed by atoms with E-state index in [0.717, 1.165) is 77.0 Å². The molecule has 4 nitrogen and oxygen atoms in total. The predicted molar refractivity (Wildman–Crippen MR) is 98.5 cm³/mol. The first-order valence-corrected chi connectivity index (χ1v) is 11.7. The maximum Gasteiger partial charge on any atom is 0.338 e. The van der Waals surface area contributed by atoms with Gasteiger partial charge in [0.15, 0.2) is 0 Å². The van der Waals surface area contributed by atoms with Crippen molar-refractivity contribution in [2.75, 3.05) is 32.8 Å². The first-order valence-electron chi connectivity index (χ1n) is 9.43. The quantitative estimate of drug-likeness (QED) is 0.314. The number of unbranched alkanes of at least 4 members (excludes halogenated alkanes) is 2. The molecule has 0 fully saturated rings. The average Bonchev–Trinajstić information content (AvgIpc) is 2.51. The van der Waals surface area contributed by atoms with Crippen LogP contribution in [0.4, 0.5) is 0 Å². The Bertz CT molecular complexity index is 221. The molecule has 0 unspecified atom stereocenters. The average molecular weight is 333 g/mol. The summed E-state index contributed by atoms with van der Waals surface area (Å²) in [6.07, 6.45) is 8.02. The zero-order chi connectivity index (χ0) is 16.5. The second kappa shape index (κ2) is 15.9. The molecule has 0 saturated heterocycles. The van der Waals surface area contributed by atoms with E-state index < -0.39 is 8.56 Å². The van der Waals surface area contributed by atoms with E-state index in [2.05, 4.69) is 26.1 Å². The maximum atomic E-state index is 6.35. The molecule has 0 rings (SSSR count). The van der Waals surface area contributed by atoms with Crippen LogP contribution in [0.5, 0.6) is 0 Å². The Hall–Kier alpha value is 0.0569. The third kappa shape index (κ3) is 11.6. The molecule has 0 bridgehead atoms. The standard InChI is InChI=1S/C17H40N2O2Si/c1-4-7-14-20-22(16-6-3,21-15-8-5-2)17-10-13-19-12-9-11-18/h19H,4-18H2,1-3H3. The lowest BCUT2D eigenvalue weighted by Gasteiger charge is -2.31. The van der Waals surface area contributed by atoms with Crippen molar-refractivity contribution in [3.05, 3.63) is 0 Å². The molecule has 0 aliphatic carbocycles. The molecule has 22 heavy (non-hydrogen) atoms. The number of rotatable bonds is 17. The van der Waals surface area contributed by atoms with Crippen LogP contribution in [0.3, 0.4) is 0 Å². The summed E-state index contributed by atoms with van der Waals surface area (Å²) in [4.78, 5) is 0. The van der Waals surface area contributed by atoms with E-state index in [1.807, 2.05) is 0 Å². The van der Waals surface area contributed by atoms with E-state index in [0.29, 0.717) is 0 Å². The van der Waals surface area contributed by atoms with Gasteiger partial charge in [0.2, 0.25) is 0 Å². The molecule has 0 atom stereocenters. The van der Waals surface area contributed by atoms with Gasteiger partial charge in [-0.1, -0.05) is 40.0 Å². The number of nitrogens with two attached hydrogens (primary N) is 1. The normalized spacial score (nSPS) is 12.0. The van der Waals surface area contributed by atoms with Crippen molar-refractivity contribution in [2.24, 2.45) is 5.73 Å². The van der Waals surface area contributed by atoms with Gasteiger partial charge in [-0.15, -0.1) is 0 Å². The molecule has 0 radical (unpaired) electrons. The highest BCUT2D eigenvalue weighted by atomic mass is 28.4. The molecule has 0 aromatic carbocycles. The van der Waals surface area contributed by atoms with Crippen LogP contribution in [-0.4, -0.2) is 41.4 Å². The SMILES string of the molecule is CCCCO[Si](CCC)(CCCNCCCN)OCCCC. The second-order valence-electron chi connectivity index (χ2n) is 6.06. The number of hydrogen-bond donors (Lipinski definition) is 2. The van der Waals surface area contributed by atoms with Crippen molar-refractivity contribution in [3.63, 3.8) is 0 Å². The van der Waals surface area contributed by atoms with Gasteiger partial charge in [-0.3, -0.25) is 0 Å². The molecule has 0 aromatic heterocycles. The molecule has 3 N–H and O–H groups in total. The van der Waals surface area contributed by atoms with Crippen molar-refractivity contribution >= 4 is 8.56 Å². The molecule has 0 amide bonds. The first-order chi connectivity index (χ1) is 10.7. The van der Waals surface area contributed by atoms with Crippen molar-refractivity contribution in [3.8, 4) is 0 Å². The van der Waals surface area contributed by atoms with Crippen LogP contribution >= 0.6 is 0 Å². The van der Waals surface area contributed by atoms with Gasteiger partial charge < -0.3 is 19.9 Å². The number of hydrogen-bond acceptors (Lipinski definition) is 4. The molecule has 0 saturated carbocycles. The molecule has 0 aromatic rings.